The summed E-state index contributed by atoms with van der Waals surface area (Å²) in [5.41, 5.74) is 0. The summed E-state index contributed by atoms with van der Waals surface area (Å²) in [5, 5.41) is 12.7. The van der Waals surface area contributed by atoms with Crippen molar-refractivity contribution in [2.75, 3.05) is 19.7 Å². The number of hydrogen-bond acceptors (Lipinski definition) is 4. The summed E-state index contributed by atoms with van der Waals surface area (Å²) in [4.78, 5) is 11.2. The molecule has 1 saturated carbocycles. The number of carbonyl (C=O) groups excluding carboxylic acids is 1. The monoisotopic (exact) mass is 215 g/mol. The molecule has 0 bridgehead atoms. The number of ether oxygens (including phenoxy) is 1. The fourth-order valence-corrected chi connectivity index (χ4v) is 1.46. The third-order valence-electron chi connectivity index (χ3n) is 2.66. The van der Waals surface area contributed by atoms with Crippen LogP contribution in [0.2, 0.25) is 0 Å². The maximum atomic E-state index is 11.2. The quantitative estimate of drug-likeness (QED) is 0.609. The molecule has 0 amide bonds. The topological polar surface area (TPSA) is 58.6 Å². The molecule has 88 valence electrons. The molecule has 2 N–H and O–H groups in total. The van der Waals surface area contributed by atoms with E-state index in [0.29, 0.717) is 25.6 Å². The van der Waals surface area contributed by atoms with Crippen molar-refractivity contribution in [2.45, 2.75) is 32.8 Å². The summed E-state index contributed by atoms with van der Waals surface area (Å²) < 4.78 is 4.88. The molecule has 1 fully saturated rings. The molecule has 1 aliphatic rings. The number of aliphatic hydroxyl groups excluding tert-OH is 1. The van der Waals surface area contributed by atoms with Gasteiger partial charge in [-0.2, -0.15) is 0 Å². The van der Waals surface area contributed by atoms with Crippen LogP contribution in [-0.2, 0) is 9.53 Å². The highest BCUT2D eigenvalue weighted by Crippen LogP contribution is 2.32. The fraction of sp³-hybridized carbons (Fsp3) is 0.909. The second-order valence-corrected chi connectivity index (χ2v) is 4.22. The van der Waals surface area contributed by atoms with Gasteiger partial charge < -0.3 is 15.2 Å². The van der Waals surface area contributed by atoms with E-state index in [2.05, 4.69) is 5.32 Å². The van der Waals surface area contributed by atoms with Gasteiger partial charge in [-0.15, -0.1) is 0 Å². The average Bonchev–Trinajstić information content (AvgIpc) is 3.00. The van der Waals surface area contributed by atoms with Crippen molar-refractivity contribution >= 4 is 5.97 Å². The standard InChI is InChI=1S/C11H21NO3/c1-3-15-11(14)8(2)6-12-7-10(13)9-4-5-9/h8-10,12-13H,3-7H2,1-2H3. The van der Waals surface area contributed by atoms with E-state index in [1.165, 1.54) is 0 Å². The van der Waals surface area contributed by atoms with Gasteiger partial charge in [0.15, 0.2) is 0 Å². The van der Waals surface area contributed by atoms with E-state index in [4.69, 9.17) is 4.74 Å². The predicted molar refractivity (Wildman–Crippen MR) is 57.4 cm³/mol. The number of carbonyl (C=O) groups is 1. The maximum absolute atomic E-state index is 11.2. The van der Waals surface area contributed by atoms with Crippen LogP contribution in [0, 0.1) is 11.8 Å². The number of aliphatic hydroxyl groups is 1. The Morgan fingerprint density at radius 1 is 1.53 bits per heavy atom. The van der Waals surface area contributed by atoms with E-state index >= 15 is 0 Å². The van der Waals surface area contributed by atoms with E-state index in [9.17, 15) is 9.90 Å². The molecule has 2 unspecified atom stereocenters. The van der Waals surface area contributed by atoms with E-state index in [0.717, 1.165) is 12.8 Å². The van der Waals surface area contributed by atoms with Gasteiger partial charge in [0.05, 0.1) is 18.6 Å². The second-order valence-electron chi connectivity index (χ2n) is 4.22. The lowest BCUT2D eigenvalue weighted by atomic mass is 10.1. The highest BCUT2D eigenvalue weighted by molar-refractivity contribution is 5.72. The molecule has 15 heavy (non-hydrogen) atoms. The first-order chi connectivity index (χ1) is 7.15. The van der Waals surface area contributed by atoms with Gasteiger partial charge in [0.1, 0.15) is 0 Å². The van der Waals surface area contributed by atoms with Gasteiger partial charge in [-0.3, -0.25) is 4.79 Å². The third-order valence-corrected chi connectivity index (χ3v) is 2.66. The lowest BCUT2D eigenvalue weighted by Crippen LogP contribution is -2.34. The van der Waals surface area contributed by atoms with Crippen LogP contribution in [0.4, 0.5) is 0 Å². The van der Waals surface area contributed by atoms with Crippen LogP contribution >= 0.6 is 0 Å². The van der Waals surface area contributed by atoms with Crippen molar-refractivity contribution in [3.63, 3.8) is 0 Å². The second kappa shape index (κ2) is 6.08. The molecule has 0 radical (unpaired) electrons. The van der Waals surface area contributed by atoms with Crippen LogP contribution in [0.1, 0.15) is 26.7 Å². The number of rotatable bonds is 7. The van der Waals surface area contributed by atoms with Crippen molar-refractivity contribution in [3.8, 4) is 0 Å². The summed E-state index contributed by atoms with van der Waals surface area (Å²) in [7, 11) is 0. The smallest absolute Gasteiger partial charge is 0.309 e. The largest absolute Gasteiger partial charge is 0.466 e. The molecule has 4 nitrogen and oxygen atoms in total. The molecule has 1 rings (SSSR count). The first-order valence-electron chi connectivity index (χ1n) is 5.70. The first-order valence-corrected chi connectivity index (χ1v) is 5.70. The Hall–Kier alpha value is -0.610. The van der Waals surface area contributed by atoms with Gasteiger partial charge in [0, 0.05) is 13.1 Å². The lowest BCUT2D eigenvalue weighted by molar-refractivity contribution is -0.147. The zero-order valence-corrected chi connectivity index (χ0v) is 9.53. The van der Waals surface area contributed by atoms with Crippen LogP contribution in [0.5, 0.6) is 0 Å². The summed E-state index contributed by atoms with van der Waals surface area (Å²) in [6.07, 6.45) is 2.02. The molecule has 0 aromatic rings. The molecule has 1 aliphatic carbocycles. The van der Waals surface area contributed by atoms with Crippen LogP contribution < -0.4 is 5.32 Å². The molecular formula is C11H21NO3. The van der Waals surface area contributed by atoms with Crippen LogP contribution in [0.3, 0.4) is 0 Å². The molecule has 0 aromatic carbocycles. The van der Waals surface area contributed by atoms with Crippen molar-refractivity contribution in [1.82, 2.24) is 5.32 Å². The molecule has 0 spiro atoms. The number of nitrogens with one attached hydrogen (secondary N) is 1. The van der Waals surface area contributed by atoms with Gasteiger partial charge in [0.25, 0.3) is 0 Å². The Kier molecular flexibility index (Phi) is 5.05. The number of hydrogen-bond donors (Lipinski definition) is 2. The van der Waals surface area contributed by atoms with Gasteiger partial charge in [-0.1, -0.05) is 6.92 Å². The molecule has 0 aromatic heterocycles. The minimum atomic E-state index is -0.251. The summed E-state index contributed by atoms with van der Waals surface area (Å²) >= 11 is 0. The van der Waals surface area contributed by atoms with Gasteiger partial charge >= 0.3 is 5.97 Å². The minimum absolute atomic E-state index is 0.142. The lowest BCUT2D eigenvalue weighted by Gasteiger charge is -2.14. The summed E-state index contributed by atoms with van der Waals surface area (Å²) in [5.74, 6) is 0.165. The van der Waals surface area contributed by atoms with Crippen molar-refractivity contribution < 1.29 is 14.6 Å². The fourth-order valence-electron chi connectivity index (χ4n) is 1.46. The highest BCUT2D eigenvalue weighted by Gasteiger charge is 2.29. The Balaban J connectivity index is 2.05. The van der Waals surface area contributed by atoms with E-state index in [1.807, 2.05) is 6.92 Å². The van der Waals surface area contributed by atoms with E-state index < -0.39 is 0 Å². The van der Waals surface area contributed by atoms with Crippen molar-refractivity contribution in [2.24, 2.45) is 11.8 Å². The molecule has 0 heterocycles. The summed E-state index contributed by atoms with van der Waals surface area (Å²) in [6.45, 7) is 5.20. The molecule has 0 aliphatic heterocycles. The van der Waals surface area contributed by atoms with Crippen molar-refractivity contribution in [3.05, 3.63) is 0 Å². The summed E-state index contributed by atoms with van der Waals surface area (Å²) in [6, 6.07) is 0. The first kappa shape index (κ1) is 12.5. The van der Waals surface area contributed by atoms with Crippen LogP contribution in [0.25, 0.3) is 0 Å². The SMILES string of the molecule is CCOC(=O)C(C)CNCC(O)C1CC1. The number of esters is 1. The van der Waals surface area contributed by atoms with Gasteiger partial charge in [-0.05, 0) is 25.7 Å². The van der Waals surface area contributed by atoms with Crippen LogP contribution in [-0.4, -0.2) is 36.9 Å². The van der Waals surface area contributed by atoms with Gasteiger partial charge in [0.2, 0.25) is 0 Å². The molecule has 2 atom stereocenters. The Morgan fingerprint density at radius 2 is 2.20 bits per heavy atom. The molecule has 4 heteroatoms. The third kappa shape index (κ3) is 4.62. The van der Waals surface area contributed by atoms with Gasteiger partial charge in [-0.25, -0.2) is 0 Å². The zero-order chi connectivity index (χ0) is 11.3. The van der Waals surface area contributed by atoms with E-state index in [-0.39, 0.29) is 18.0 Å². The Bertz CT molecular complexity index is 204. The maximum Gasteiger partial charge on any atom is 0.309 e. The highest BCUT2D eigenvalue weighted by atomic mass is 16.5. The molecular weight excluding hydrogens is 194 g/mol. The normalized spacial score (nSPS) is 19.7. The Morgan fingerprint density at radius 3 is 2.73 bits per heavy atom. The Labute approximate surface area is 91.0 Å². The average molecular weight is 215 g/mol. The molecule has 0 saturated heterocycles. The van der Waals surface area contributed by atoms with E-state index in [1.54, 1.807) is 6.92 Å². The predicted octanol–water partition coefficient (Wildman–Crippen LogP) is 0.546. The van der Waals surface area contributed by atoms with Crippen LogP contribution in [0.15, 0.2) is 0 Å². The van der Waals surface area contributed by atoms with Crippen molar-refractivity contribution in [1.29, 1.82) is 0 Å². The zero-order valence-electron chi connectivity index (χ0n) is 9.53. The minimum Gasteiger partial charge on any atom is -0.466 e.